The molecule has 0 saturated carbocycles. The van der Waals surface area contributed by atoms with E-state index in [1.54, 1.807) is 14.0 Å². The first kappa shape index (κ1) is 23.7. The Labute approximate surface area is 126 Å². The summed E-state index contributed by atoms with van der Waals surface area (Å²) >= 11 is 1.98. The molecular formula is C12H20GeNO6. The molecule has 0 aliphatic heterocycles. The second kappa shape index (κ2) is 11.4. The predicted octanol–water partition coefficient (Wildman–Crippen LogP) is -2.08. The van der Waals surface area contributed by atoms with Crippen LogP contribution in [-0.4, -0.2) is 58.5 Å². The number of benzene rings is 1. The van der Waals surface area contributed by atoms with Gasteiger partial charge in [-0.25, -0.2) is 0 Å². The van der Waals surface area contributed by atoms with E-state index in [4.69, 9.17) is 4.74 Å². The van der Waals surface area contributed by atoms with Gasteiger partial charge in [0, 0.05) is 0 Å². The second-order valence-corrected chi connectivity index (χ2v) is 4.69. The molecule has 0 heterocycles. The molecule has 0 aliphatic rings. The van der Waals surface area contributed by atoms with Crippen molar-refractivity contribution in [2.45, 2.75) is 13.3 Å². The van der Waals surface area contributed by atoms with Crippen molar-refractivity contribution in [3.05, 3.63) is 24.3 Å². The number of carbonyl (C=O) groups excluding carboxylic acids is 2. The van der Waals surface area contributed by atoms with Crippen molar-refractivity contribution in [3.8, 4) is 0 Å². The fourth-order valence-electron chi connectivity index (χ4n) is 1.28. The number of nitrogens with zero attached hydrogens (tertiary/aromatic N) is 1. The second-order valence-electron chi connectivity index (χ2n) is 3.48. The van der Waals surface area contributed by atoms with Crippen LogP contribution in [0.15, 0.2) is 24.3 Å². The Kier molecular flexibility index (Phi) is 13.5. The molecule has 0 fully saturated rings. The third kappa shape index (κ3) is 7.24. The first-order valence-corrected chi connectivity index (χ1v) is 6.33. The van der Waals surface area contributed by atoms with E-state index in [0.29, 0.717) is 6.61 Å². The van der Waals surface area contributed by atoms with Gasteiger partial charge in [0.25, 0.3) is 0 Å². The zero-order chi connectivity index (χ0) is 12.8. The molecule has 6 N–H and O–H groups in total. The third-order valence-electron chi connectivity index (χ3n) is 2.23. The maximum atomic E-state index is 11.7. The van der Waals surface area contributed by atoms with E-state index in [2.05, 4.69) is 0 Å². The summed E-state index contributed by atoms with van der Waals surface area (Å²) in [5, 5.41) is 0. The van der Waals surface area contributed by atoms with Crippen LogP contribution in [0, 0.1) is 0 Å². The van der Waals surface area contributed by atoms with Crippen molar-refractivity contribution >= 4 is 38.5 Å². The number of hydrogen-bond donors (Lipinski definition) is 0. The number of esters is 1. The maximum absolute atomic E-state index is 11.7. The molecular weight excluding hydrogens is 327 g/mol. The summed E-state index contributed by atoms with van der Waals surface area (Å²) in [4.78, 5) is 24.4. The summed E-state index contributed by atoms with van der Waals surface area (Å²) in [6.07, 6.45) is -0.224. The number of amides is 1. The van der Waals surface area contributed by atoms with Crippen molar-refractivity contribution in [1.29, 1.82) is 0 Å². The van der Waals surface area contributed by atoms with Crippen molar-refractivity contribution in [1.82, 2.24) is 0 Å². The molecule has 1 aromatic carbocycles. The molecule has 20 heavy (non-hydrogen) atoms. The van der Waals surface area contributed by atoms with Crippen LogP contribution in [0.2, 0.25) is 0 Å². The minimum Gasteiger partial charge on any atom is -0.412 e. The number of ether oxygens (including phenoxy) is 1. The Morgan fingerprint density at radius 1 is 1.15 bits per heavy atom. The predicted molar refractivity (Wildman–Crippen MR) is 77.3 cm³/mol. The number of anilines is 1. The van der Waals surface area contributed by atoms with Gasteiger partial charge < -0.3 is 16.4 Å². The van der Waals surface area contributed by atoms with E-state index in [0.717, 1.165) is 10.1 Å². The van der Waals surface area contributed by atoms with Gasteiger partial charge in [0.15, 0.2) is 0 Å². The largest absolute Gasteiger partial charge is 0.412 e. The molecule has 0 saturated heterocycles. The van der Waals surface area contributed by atoms with E-state index >= 15 is 0 Å². The van der Waals surface area contributed by atoms with Gasteiger partial charge >= 0.3 is 109 Å². The Morgan fingerprint density at radius 2 is 1.65 bits per heavy atom. The minimum atomic E-state index is -0.489. The molecule has 7 nitrogen and oxygen atoms in total. The van der Waals surface area contributed by atoms with Gasteiger partial charge in [0.2, 0.25) is 0 Å². The molecule has 8 heteroatoms. The summed E-state index contributed by atoms with van der Waals surface area (Å²) in [5.41, 5.74) is 0.768. The van der Waals surface area contributed by atoms with Crippen molar-refractivity contribution < 1.29 is 30.8 Å². The first-order chi connectivity index (χ1) is 8.04. The van der Waals surface area contributed by atoms with Gasteiger partial charge in [-0.3, -0.25) is 0 Å². The molecule has 0 spiro atoms. The van der Waals surface area contributed by atoms with E-state index in [-0.39, 0.29) is 28.8 Å². The molecule has 1 rings (SSSR count). The quantitative estimate of drug-likeness (QED) is 0.351. The monoisotopic (exact) mass is 348 g/mol. The number of rotatable bonds is 4. The normalized spacial score (nSPS) is 8.35. The summed E-state index contributed by atoms with van der Waals surface area (Å²) < 4.78 is 5.86. The van der Waals surface area contributed by atoms with Gasteiger partial charge in [-0.05, 0) is 0 Å². The summed E-state index contributed by atoms with van der Waals surface area (Å²) in [7, 11) is 1.65. The molecule has 3 radical (unpaired) electrons. The van der Waals surface area contributed by atoms with E-state index in [1.807, 2.05) is 40.8 Å². The molecule has 0 bridgehead atoms. The zero-order valence-electron chi connectivity index (χ0n) is 11.4. The topological polar surface area (TPSA) is 141 Å². The summed E-state index contributed by atoms with van der Waals surface area (Å²) in [6.45, 7) is 2.01. The van der Waals surface area contributed by atoms with Gasteiger partial charge in [-0.1, -0.05) is 0 Å². The van der Waals surface area contributed by atoms with Crippen molar-refractivity contribution in [3.63, 3.8) is 0 Å². The first-order valence-electron chi connectivity index (χ1n) is 5.28. The van der Waals surface area contributed by atoms with Crippen molar-refractivity contribution in [2.24, 2.45) is 0 Å². The standard InChI is InChI=1S/C12H14GeNO3.3H2O/c1-3-17-12(16)8-11(15)14(2)10-6-4-9(13)5-7-10;;;/h4-7H,3,8H2,1-2H3;3*1H2. The SMILES string of the molecule is CCOC(=O)CC(=O)N(C)c1cc[c]([Ge])cc1.O.O.O. The summed E-state index contributed by atoms with van der Waals surface area (Å²) in [5.74, 6) is -0.760. The number of carbonyl (C=O) groups is 2. The fraction of sp³-hybridized carbons (Fsp3) is 0.333. The average molecular weight is 347 g/mol. The van der Waals surface area contributed by atoms with E-state index in [9.17, 15) is 9.59 Å². The van der Waals surface area contributed by atoms with Crippen LogP contribution in [0.5, 0.6) is 0 Å². The summed E-state index contributed by atoms with van der Waals surface area (Å²) in [6, 6.07) is 7.53. The van der Waals surface area contributed by atoms with E-state index in [1.165, 1.54) is 4.90 Å². The van der Waals surface area contributed by atoms with Crippen molar-refractivity contribution in [2.75, 3.05) is 18.6 Å². The molecule has 113 valence electrons. The Bertz CT molecular complexity index is 409. The van der Waals surface area contributed by atoms with Crippen LogP contribution in [0.4, 0.5) is 5.69 Å². The average Bonchev–Trinajstić information content (AvgIpc) is 2.29. The molecule has 1 aromatic rings. The van der Waals surface area contributed by atoms with Gasteiger partial charge in [0.1, 0.15) is 0 Å². The van der Waals surface area contributed by atoms with Gasteiger partial charge in [-0.2, -0.15) is 0 Å². The van der Waals surface area contributed by atoms with Gasteiger partial charge in [-0.15, -0.1) is 0 Å². The minimum absolute atomic E-state index is 0. The smallest absolute Gasteiger partial charge is 0.412 e. The van der Waals surface area contributed by atoms with Gasteiger partial charge in [0.05, 0.1) is 0 Å². The third-order valence-corrected chi connectivity index (χ3v) is 2.93. The Balaban J connectivity index is -0.000000963. The molecule has 1 amide bonds. The zero-order valence-corrected chi connectivity index (χ0v) is 13.5. The molecule has 0 aromatic heterocycles. The van der Waals surface area contributed by atoms with E-state index < -0.39 is 5.97 Å². The Hall–Kier alpha value is -1.42. The molecule has 0 unspecified atom stereocenters. The fourth-order valence-corrected chi connectivity index (χ4v) is 1.63. The molecule has 0 aliphatic carbocycles. The van der Waals surface area contributed by atoms with Crippen LogP contribution >= 0.6 is 0 Å². The van der Waals surface area contributed by atoms with Crippen LogP contribution in [0.25, 0.3) is 0 Å². The van der Waals surface area contributed by atoms with Crippen LogP contribution in [0.3, 0.4) is 0 Å². The Morgan fingerprint density at radius 3 is 2.10 bits per heavy atom. The van der Waals surface area contributed by atoms with Crippen LogP contribution in [-0.2, 0) is 14.3 Å². The molecule has 0 atom stereocenters. The number of hydrogen-bond acceptors (Lipinski definition) is 3. The van der Waals surface area contributed by atoms with Crippen LogP contribution < -0.4 is 9.30 Å². The maximum Gasteiger partial charge on any atom is -0.412 e. The van der Waals surface area contributed by atoms with Crippen LogP contribution in [0.1, 0.15) is 13.3 Å².